The summed E-state index contributed by atoms with van der Waals surface area (Å²) in [6.45, 7) is 0. The minimum absolute atomic E-state index is 0.0838. The van der Waals surface area contributed by atoms with Crippen molar-refractivity contribution in [2.75, 3.05) is 5.43 Å². The van der Waals surface area contributed by atoms with Gasteiger partial charge in [-0.3, -0.25) is 15.6 Å². The fraction of sp³-hybridized carbons (Fsp3) is 0.174. The average Bonchev–Trinajstić information content (AvgIpc) is 2.85. The zero-order chi connectivity index (χ0) is 29.9. The van der Waals surface area contributed by atoms with Gasteiger partial charge in [0.15, 0.2) is 0 Å². The third-order valence-electron chi connectivity index (χ3n) is 4.91. The molecule has 0 aliphatic rings. The highest BCUT2D eigenvalue weighted by Gasteiger charge is 2.41. The second kappa shape index (κ2) is 11.6. The molecule has 1 aromatic heterocycles. The first-order valence-corrected chi connectivity index (χ1v) is 10.9. The van der Waals surface area contributed by atoms with Crippen LogP contribution in [0, 0.1) is 0 Å². The molecule has 0 saturated heterocycles. The molecular formula is C23H13ClF10N4O2. The lowest BCUT2D eigenvalue weighted by atomic mass is 9.95. The number of alkyl halides is 9. The summed E-state index contributed by atoms with van der Waals surface area (Å²) in [5, 5.41) is -0.887. The average molecular weight is 603 g/mol. The van der Waals surface area contributed by atoms with Gasteiger partial charge >= 0.3 is 18.7 Å². The Hall–Kier alpha value is -4.08. The fourth-order valence-electron chi connectivity index (χ4n) is 3.21. The molecule has 40 heavy (non-hydrogen) atoms. The van der Waals surface area contributed by atoms with Crippen LogP contribution in [-0.4, -0.2) is 28.4 Å². The molecule has 1 amide bonds. The van der Waals surface area contributed by atoms with Crippen LogP contribution >= 0.6 is 11.6 Å². The highest BCUT2D eigenvalue weighted by Crippen LogP contribution is 2.42. The number of hydrogen-bond donors (Lipinski definition) is 2. The van der Waals surface area contributed by atoms with Crippen LogP contribution in [0.1, 0.15) is 33.0 Å². The summed E-state index contributed by atoms with van der Waals surface area (Å²) < 4.78 is 138. The summed E-state index contributed by atoms with van der Waals surface area (Å²) in [7, 11) is 0. The maximum Gasteiger partial charge on any atom is 0.573 e. The van der Waals surface area contributed by atoms with Crippen LogP contribution in [0.15, 0.2) is 60.9 Å². The van der Waals surface area contributed by atoms with Crippen molar-refractivity contribution in [3.8, 4) is 5.75 Å². The highest BCUT2D eigenvalue weighted by molar-refractivity contribution is 6.32. The maximum absolute atomic E-state index is 14.9. The number of anilines is 1. The molecule has 0 aliphatic carbocycles. The van der Waals surface area contributed by atoms with Crippen molar-refractivity contribution in [2.24, 2.45) is 0 Å². The Kier molecular flexibility index (Phi) is 8.81. The number of nitrogens with zero attached hydrogens (tertiary/aromatic N) is 2. The van der Waals surface area contributed by atoms with Gasteiger partial charge < -0.3 is 4.74 Å². The van der Waals surface area contributed by atoms with E-state index in [0.29, 0.717) is 30.3 Å². The maximum atomic E-state index is 14.9. The predicted octanol–water partition coefficient (Wildman–Crippen LogP) is 7.46. The number of nitrogens with one attached hydrogen (secondary N) is 2. The zero-order valence-electron chi connectivity index (χ0n) is 19.2. The number of benzene rings is 2. The van der Waals surface area contributed by atoms with Crippen LogP contribution in [0.2, 0.25) is 5.02 Å². The number of hydrogen-bond acceptors (Lipinski definition) is 5. The third kappa shape index (κ3) is 7.97. The molecule has 0 bridgehead atoms. The molecule has 0 aliphatic heterocycles. The second-order valence-electron chi connectivity index (χ2n) is 7.68. The number of halogens is 11. The summed E-state index contributed by atoms with van der Waals surface area (Å²) in [6, 6.07) is 4.17. The fourth-order valence-corrected chi connectivity index (χ4v) is 3.44. The van der Waals surface area contributed by atoms with Crippen LogP contribution in [0.25, 0.3) is 5.83 Å². The van der Waals surface area contributed by atoms with Gasteiger partial charge in [-0.25, -0.2) is 14.4 Å². The number of amides is 1. The van der Waals surface area contributed by atoms with E-state index < -0.39 is 69.4 Å². The molecule has 214 valence electrons. The molecule has 0 radical (unpaired) electrons. The van der Waals surface area contributed by atoms with E-state index in [1.54, 1.807) is 0 Å². The quantitative estimate of drug-likeness (QED) is 0.217. The lowest BCUT2D eigenvalue weighted by Gasteiger charge is -2.19. The van der Waals surface area contributed by atoms with Gasteiger partial charge in [-0.2, -0.15) is 26.3 Å². The van der Waals surface area contributed by atoms with Gasteiger partial charge in [0.2, 0.25) is 5.95 Å². The van der Waals surface area contributed by atoms with E-state index in [1.165, 1.54) is 18.5 Å². The van der Waals surface area contributed by atoms with Crippen molar-refractivity contribution in [1.29, 1.82) is 0 Å². The molecular weight excluding hydrogens is 590 g/mol. The predicted molar refractivity (Wildman–Crippen MR) is 121 cm³/mol. The van der Waals surface area contributed by atoms with Gasteiger partial charge in [-0.05, 0) is 42.0 Å². The van der Waals surface area contributed by atoms with Crippen LogP contribution in [0.3, 0.4) is 0 Å². The Morgan fingerprint density at radius 2 is 1.60 bits per heavy atom. The Morgan fingerprint density at radius 3 is 2.15 bits per heavy atom. The molecule has 1 unspecified atom stereocenters. The molecule has 0 saturated carbocycles. The number of hydrazine groups is 1. The van der Waals surface area contributed by atoms with Crippen molar-refractivity contribution in [1.82, 2.24) is 15.4 Å². The Bertz CT molecular complexity index is 1390. The summed E-state index contributed by atoms with van der Waals surface area (Å²) in [5.41, 5.74) is -0.419. The number of carbonyl (C=O) groups is 1. The standard InChI is InChI=1S/C23H13ClF10N4O2/c24-16-9-11(3-5-18(16)40-23(32,33)34)14(21(26,27)28)10-17(25)12-2-4-13(15(8-12)22(29,30)31)19(39)37-38-20-35-6-1-7-36-20/h1-10,14H,(H,37,39)(H,35,36,38)/b17-10-. The second-order valence-corrected chi connectivity index (χ2v) is 8.09. The Labute approximate surface area is 222 Å². The summed E-state index contributed by atoms with van der Waals surface area (Å²) in [5.74, 6) is -7.16. The molecule has 2 N–H and O–H groups in total. The smallest absolute Gasteiger partial charge is 0.404 e. The van der Waals surface area contributed by atoms with Crippen molar-refractivity contribution < 1.29 is 53.4 Å². The Morgan fingerprint density at radius 1 is 0.950 bits per heavy atom. The van der Waals surface area contributed by atoms with Crippen molar-refractivity contribution in [3.63, 3.8) is 0 Å². The molecule has 1 atom stereocenters. The van der Waals surface area contributed by atoms with Crippen LogP contribution < -0.4 is 15.6 Å². The lowest BCUT2D eigenvalue weighted by molar-refractivity contribution is -0.274. The number of ether oxygens (including phenoxy) is 1. The number of carbonyl (C=O) groups excluding carboxylic acids is 1. The summed E-state index contributed by atoms with van der Waals surface area (Å²) in [4.78, 5) is 19.7. The zero-order valence-corrected chi connectivity index (χ0v) is 20.0. The lowest BCUT2D eigenvalue weighted by Crippen LogP contribution is -2.32. The number of allylic oxidation sites excluding steroid dienone is 1. The van der Waals surface area contributed by atoms with Gasteiger partial charge in [0, 0.05) is 18.0 Å². The van der Waals surface area contributed by atoms with E-state index in [1.807, 2.05) is 5.43 Å². The molecule has 6 nitrogen and oxygen atoms in total. The molecule has 0 spiro atoms. The number of rotatable bonds is 7. The molecule has 2 aromatic carbocycles. The van der Waals surface area contributed by atoms with Crippen molar-refractivity contribution in [3.05, 3.63) is 88.2 Å². The molecule has 17 heteroatoms. The van der Waals surface area contributed by atoms with E-state index in [9.17, 15) is 48.7 Å². The van der Waals surface area contributed by atoms with Crippen LogP contribution in [0.5, 0.6) is 5.75 Å². The third-order valence-corrected chi connectivity index (χ3v) is 5.20. The first-order valence-electron chi connectivity index (χ1n) is 10.5. The first-order chi connectivity index (χ1) is 18.5. The van der Waals surface area contributed by atoms with Gasteiger partial charge in [-0.15, -0.1) is 13.2 Å². The van der Waals surface area contributed by atoms with E-state index in [-0.39, 0.29) is 18.1 Å². The summed E-state index contributed by atoms with van der Waals surface area (Å²) >= 11 is 5.58. The Balaban J connectivity index is 1.95. The SMILES string of the molecule is O=C(NNc1ncccn1)c1ccc(/C(F)=C/C(c2ccc(OC(F)(F)F)c(Cl)c2)C(F)(F)F)cc1C(F)(F)F. The van der Waals surface area contributed by atoms with E-state index in [2.05, 4.69) is 20.1 Å². The normalized spacial score (nSPS) is 13.5. The van der Waals surface area contributed by atoms with Gasteiger partial charge in [0.05, 0.1) is 16.1 Å². The topological polar surface area (TPSA) is 76.1 Å². The minimum Gasteiger partial charge on any atom is -0.404 e. The van der Waals surface area contributed by atoms with E-state index in [0.717, 1.165) is 0 Å². The van der Waals surface area contributed by atoms with E-state index >= 15 is 0 Å². The highest BCUT2D eigenvalue weighted by atomic mass is 35.5. The van der Waals surface area contributed by atoms with Crippen molar-refractivity contribution in [2.45, 2.75) is 24.6 Å². The van der Waals surface area contributed by atoms with Gasteiger partial charge in [0.25, 0.3) is 5.91 Å². The number of aromatic nitrogens is 2. The molecule has 3 rings (SSSR count). The molecule has 3 aromatic rings. The summed E-state index contributed by atoms with van der Waals surface area (Å²) in [6.07, 6.45) is -13.2. The van der Waals surface area contributed by atoms with Crippen LogP contribution in [-0.2, 0) is 6.18 Å². The first kappa shape index (κ1) is 30.5. The molecule has 0 fully saturated rings. The van der Waals surface area contributed by atoms with Crippen molar-refractivity contribution >= 4 is 29.3 Å². The minimum atomic E-state index is -5.25. The monoisotopic (exact) mass is 602 g/mol. The van der Waals surface area contributed by atoms with Gasteiger partial charge in [0.1, 0.15) is 17.5 Å². The van der Waals surface area contributed by atoms with Crippen LogP contribution in [0.4, 0.5) is 49.9 Å². The van der Waals surface area contributed by atoms with E-state index in [4.69, 9.17) is 11.6 Å². The molecule has 1 heterocycles. The largest absolute Gasteiger partial charge is 0.573 e. The van der Waals surface area contributed by atoms with Gasteiger partial charge in [-0.1, -0.05) is 23.7 Å².